The van der Waals surface area contributed by atoms with E-state index in [0.29, 0.717) is 22.7 Å². The summed E-state index contributed by atoms with van der Waals surface area (Å²) >= 11 is 2.32. The molecule has 3 aromatic heterocycles. The van der Waals surface area contributed by atoms with Gasteiger partial charge in [0.15, 0.2) is 11.6 Å². The Balaban J connectivity index is 1.35. The number of rotatable bonds is 7. The number of hydrogen-bond acceptors (Lipinski definition) is 8. The maximum Gasteiger partial charge on any atom is 0.229 e. The van der Waals surface area contributed by atoms with E-state index in [2.05, 4.69) is 55.7 Å². The Morgan fingerprint density at radius 3 is 2.49 bits per heavy atom. The molecule has 0 atom stereocenters. The van der Waals surface area contributed by atoms with Crippen LogP contribution in [0, 0.1) is 18.6 Å². The monoisotopic (exact) mass is 636 g/mol. The number of nitrogens with zero attached hydrogens (tertiary/aromatic N) is 7. The number of aromatic nitrogens is 5. The van der Waals surface area contributed by atoms with Gasteiger partial charge in [-0.3, -0.25) is 4.90 Å². The molecule has 8 nitrogen and oxygen atoms in total. The van der Waals surface area contributed by atoms with E-state index in [-0.39, 0.29) is 23.2 Å². The van der Waals surface area contributed by atoms with E-state index >= 15 is 0 Å². The molecule has 194 valence electrons. The molecule has 0 unspecified atom stereocenters. The van der Waals surface area contributed by atoms with Gasteiger partial charge in [0, 0.05) is 71.7 Å². The molecule has 0 amide bonds. The van der Waals surface area contributed by atoms with Crippen molar-refractivity contribution in [3.8, 4) is 11.3 Å². The number of nitrogens with one attached hydrogen (secondary N) is 1. The van der Waals surface area contributed by atoms with Gasteiger partial charge in [-0.1, -0.05) is 6.07 Å². The zero-order valence-electron chi connectivity index (χ0n) is 20.7. The molecule has 1 aromatic carbocycles. The minimum absolute atomic E-state index is 0.00730. The summed E-state index contributed by atoms with van der Waals surface area (Å²) in [7, 11) is 1.76. The predicted molar refractivity (Wildman–Crippen MR) is 152 cm³/mol. The number of hydrogen-bond donors (Lipinski definition) is 1. The van der Waals surface area contributed by atoms with Gasteiger partial charge in [-0.15, -0.1) is 0 Å². The molecule has 1 N–H and O–H groups in total. The molecule has 0 radical (unpaired) electrons. The fraction of sp³-hybridized carbons (Fsp3) is 0.360. The SMILES string of the molecule is Cc1nc2c(F)cc(-c3nc(Nc4ccc(CN5CCN(SI)CC5)cn4)ncc3F)cc2n1C(C)C. The number of halogens is 3. The Morgan fingerprint density at radius 1 is 1.03 bits per heavy atom. The van der Waals surface area contributed by atoms with Crippen LogP contribution >= 0.6 is 30.3 Å². The number of pyridine rings is 1. The minimum atomic E-state index is -0.638. The summed E-state index contributed by atoms with van der Waals surface area (Å²) in [4.78, 5) is 19.7. The van der Waals surface area contributed by atoms with Crippen molar-refractivity contribution in [2.45, 2.75) is 33.4 Å². The van der Waals surface area contributed by atoms with E-state index in [1.54, 1.807) is 15.2 Å². The van der Waals surface area contributed by atoms with Crippen LogP contribution in [-0.2, 0) is 6.54 Å². The Labute approximate surface area is 230 Å². The van der Waals surface area contributed by atoms with E-state index in [1.165, 1.54) is 6.07 Å². The van der Waals surface area contributed by atoms with E-state index in [1.807, 2.05) is 43.7 Å². The molecule has 0 saturated carbocycles. The van der Waals surface area contributed by atoms with Crippen molar-refractivity contribution < 1.29 is 8.78 Å². The van der Waals surface area contributed by atoms with E-state index in [4.69, 9.17) is 0 Å². The number of piperazine rings is 1. The van der Waals surface area contributed by atoms with Crippen LogP contribution < -0.4 is 5.32 Å². The number of anilines is 2. The zero-order valence-corrected chi connectivity index (χ0v) is 23.7. The van der Waals surface area contributed by atoms with Crippen LogP contribution in [0.15, 0.2) is 36.7 Å². The smallest absolute Gasteiger partial charge is 0.229 e. The maximum absolute atomic E-state index is 14.9. The summed E-state index contributed by atoms with van der Waals surface area (Å²) in [6.45, 7) is 10.8. The summed E-state index contributed by atoms with van der Waals surface area (Å²) < 4.78 is 34.0. The Kier molecular flexibility index (Phi) is 7.88. The average Bonchev–Trinajstić information content (AvgIpc) is 3.23. The molecule has 1 saturated heterocycles. The Hall–Kier alpha value is -2.42. The molecule has 4 heterocycles. The van der Waals surface area contributed by atoms with Gasteiger partial charge in [-0.25, -0.2) is 33.0 Å². The van der Waals surface area contributed by atoms with Crippen molar-refractivity contribution in [1.29, 1.82) is 0 Å². The fourth-order valence-corrected chi connectivity index (χ4v) is 6.09. The molecule has 4 aromatic rings. The topological polar surface area (TPSA) is 75.0 Å². The molecule has 0 aliphatic carbocycles. The Morgan fingerprint density at radius 2 is 1.81 bits per heavy atom. The molecule has 0 spiro atoms. The molecular weight excluding hydrogens is 609 g/mol. The van der Waals surface area contributed by atoms with Crippen molar-refractivity contribution in [2.24, 2.45) is 0 Å². The third-order valence-corrected chi connectivity index (χ3v) is 8.59. The second-order valence-corrected chi connectivity index (χ2v) is 11.1. The van der Waals surface area contributed by atoms with Crippen molar-refractivity contribution in [3.05, 3.63) is 59.7 Å². The molecular formula is C25H27F2IN8S. The second-order valence-electron chi connectivity index (χ2n) is 9.29. The van der Waals surface area contributed by atoms with E-state index in [0.717, 1.165) is 44.5 Å². The predicted octanol–water partition coefficient (Wildman–Crippen LogP) is 5.92. The molecule has 37 heavy (non-hydrogen) atoms. The van der Waals surface area contributed by atoms with Crippen LogP contribution in [0.3, 0.4) is 0 Å². The lowest BCUT2D eigenvalue weighted by atomic mass is 10.1. The molecule has 1 aliphatic heterocycles. The van der Waals surface area contributed by atoms with Crippen molar-refractivity contribution in [1.82, 2.24) is 33.7 Å². The Bertz CT molecular complexity index is 1400. The highest BCUT2D eigenvalue weighted by Gasteiger charge is 2.19. The highest BCUT2D eigenvalue weighted by Crippen LogP contribution is 2.30. The number of fused-ring (bicyclic) bond motifs is 1. The normalized spacial score (nSPS) is 15.1. The summed E-state index contributed by atoms with van der Waals surface area (Å²) in [6.07, 6.45) is 2.91. The number of aryl methyl sites for hydroxylation is 1. The first-order chi connectivity index (χ1) is 17.8. The highest BCUT2D eigenvalue weighted by molar-refractivity contribution is 14.2. The van der Waals surface area contributed by atoms with Crippen LogP contribution in [0.25, 0.3) is 22.3 Å². The van der Waals surface area contributed by atoms with Gasteiger partial charge in [-0.05, 0) is 53.7 Å². The third kappa shape index (κ3) is 5.71. The zero-order chi connectivity index (χ0) is 26.1. The van der Waals surface area contributed by atoms with Crippen molar-refractivity contribution in [2.75, 3.05) is 31.5 Å². The van der Waals surface area contributed by atoms with Gasteiger partial charge in [-0.2, -0.15) is 0 Å². The van der Waals surface area contributed by atoms with E-state index in [9.17, 15) is 8.78 Å². The van der Waals surface area contributed by atoms with Crippen molar-refractivity contribution in [3.63, 3.8) is 0 Å². The van der Waals surface area contributed by atoms with Crippen LogP contribution in [0.4, 0.5) is 20.5 Å². The van der Waals surface area contributed by atoms with E-state index < -0.39 is 11.6 Å². The first-order valence-corrected chi connectivity index (χ1v) is 15.3. The van der Waals surface area contributed by atoms with Crippen LogP contribution in [0.1, 0.15) is 31.3 Å². The minimum Gasteiger partial charge on any atom is -0.326 e. The molecule has 12 heteroatoms. The van der Waals surface area contributed by atoms with Gasteiger partial charge in [0.1, 0.15) is 22.9 Å². The number of imidazole rings is 1. The van der Waals surface area contributed by atoms with Gasteiger partial charge < -0.3 is 9.88 Å². The standard InChI is InChI=1S/C25H27F2IN8S/c1-15(2)36-16(3)31-24-19(26)10-18(11-21(24)36)23-20(27)13-30-25(33-23)32-22-5-4-17(12-29-22)14-34-6-8-35(37-28)9-7-34/h4-5,10-13,15H,6-9,14H2,1-3H3,(H,29,30,32,33). The molecule has 0 bridgehead atoms. The highest BCUT2D eigenvalue weighted by atomic mass is 127. The lowest BCUT2D eigenvalue weighted by molar-refractivity contribution is 0.190. The van der Waals surface area contributed by atoms with Gasteiger partial charge >= 0.3 is 0 Å². The average molecular weight is 637 g/mol. The summed E-state index contributed by atoms with van der Waals surface area (Å²) in [5, 5.41) is 3.04. The van der Waals surface area contributed by atoms with Gasteiger partial charge in [0.25, 0.3) is 0 Å². The summed E-state index contributed by atoms with van der Waals surface area (Å²) in [5.74, 6) is 0.263. The van der Waals surface area contributed by atoms with Crippen LogP contribution in [0.5, 0.6) is 0 Å². The molecule has 5 rings (SSSR count). The number of benzene rings is 1. The maximum atomic E-state index is 14.9. The lowest BCUT2D eigenvalue weighted by Crippen LogP contribution is -2.42. The molecule has 1 aliphatic rings. The first kappa shape index (κ1) is 26.2. The van der Waals surface area contributed by atoms with Gasteiger partial charge in [0.2, 0.25) is 5.95 Å². The quantitative estimate of drug-likeness (QED) is 0.198. The third-order valence-electron chi connectivity index (χ3n) is 6.36. The van der Waals surface area contributed by atoms with Crippen molar-refractivity contribution >= 4 is 53.1 Å². The van der Waals surface area contributed by atoms with Crippen LogP contribution in [0.2, 0.25) is 0 Å². The fourth-order valence-electron chi connectivity index (χ4n) is 4.61. The molecule has 1 fully saturated rings. The second kappa shape index (κ2) is 11.1. The summed E-state index contributed by atoms with van der Waals surface area (Å²) in [5.41, 5.74) is 2.30. The largest absolute Gasteiger partial charge is 0.326 e. The van der Waals surface area contributed by atoms with Gasteiger partial charge in [0.05, 0.1) is 11.7 Å². The summed E-state index contributed by atoms with van der Waals surface area (Å²) in [6, 6.07) is 6.92. The first-order valence-electron chi connectivity index (χ1n) is 12.0. The lowest BCUT2D eigenvalue weighted by Gasteiger charge is -2.32. The van der Waals surface area contributed by atoms with Crippen LogP contribution in [-0.4, -0.2) is 59.9 Å².